The fraction of sp³-hybridized carbons (Fsp3) is 0.500. The minimum Gasteiger partial charge on any atom is -0.496 e. The van der Waals surface area contributed by atoms with E-state index in [-0.39, 0.29) is 5.91 Å². The molecule has 1 saturated carbocycles. The molecule has 0 unspecified atom stereocenters. The molecule has 1 aromatic carbocycles. The first-order valence-corrected chi connectivity index (χ1v) is 8.09. The molecule has 1 aliphatic rings. The molecule has 0 spiro atoms. The van der Waals surface area contributed by atoms with Crippen LogP contribution < -0.4 is 15.4 Å². The standard InChI is InChI=1S/C18H26N2O2/c1-22-17-11-5-2-7-15(17)8-6-13-19-14-12-18(21)20-16-9-3-4-10-16/h2,5-8,11,16,19H,3-4,9-10,12-14H2,1H3,(H,20,21)/b8-6+. The Morgan fingerprint density at radius 2 is 2.09 bits per heavy atom. The summed E-state index contributed by atoms with van der Waals surface area (Å²) in [5, 5.41) is 6.36. The number of rotatable bonds is 8. The van der Waals surface area contributed by atoms with Crippen molar-refractivity contribution in [3.63, 3.8) is 0 Å². The van der Waals surface area contributed by atoms with E-state index in [1.54, 1.807) is 7.11 Å². The third kappa shape index (κ3) is 5.53. The van der Waals surface area contributed by atoms with Crippen molar-refractivity contribution in [2.75, 3.05) is 20.2 Å². The predicted molar refractivity (Wildman–Crippen MR) is 89.9 cm³/mol. The number of benzene rings is 1. The van der Waals surface area contributed by atoms with Gasteiger partial charge in [-0.1, -0.05) is 43.2 Å². The van der Waals surface area contributed by atoms with Crippen molar-refractivity contribution in [1.29, 1.82) is 0 Å². The van der Waals surface area contributed by atoms with E-state index in [0.29, 0.717) is 19.0 Å². The SMILES string of the molecule is COc1ccccc1/C=C/CNCCC(=O)NC1CCCC1. The van der Waals surface area contributed by atoms with Crippen molar-refractivity contribution in [3.05, 3.63) is 35.9 Å². The first kappa shape index (κ1) is 16.6. The molecule has 1 amide bonds. The maximum absolute atomic E-state index is 11.8. The Morgan fingerprint density at radius 1 is 1.32 bits per heavy atom. The fourth-order valence-corrected chi connectivity index (χ4v) is 2.75. The molecule has 120 valence electrons. The molecule has 1 aliphatic carbocycles. The summed E-state index contributed by atoms with van der Waals surface area (Å²) in [4.78, 5) is 11.8. The molecule has 0 radical (unpaired) electrons. The van der Waals surface area contributed by atoms with E-state index in [0.717, 1.165) is 30.7 Å². The largest absolute Gasteiger partial charge is 0.496 e. The van der Waals surface area contributed by atoms with Crippen molar-refractivity contribution >= 4 is 12.0 Å². The quantitative estimate of drug-likeness (QED) is 0.726. The number of hydrogen-bond donors (Lipinski definition) is 2. The first-order valence-electron chi connectivity index (χ1n) is 8.09. The van der Waals surface area contributed by atoms with Gasteiger partial charge in [0.05, 0.1) is 7.11 Å². The number of methoxy groups -OCH3 is 1. The molecule has 0 aromatic heterocycles. The van der Waals surface area contributed by atoms with Gasteiger partial charge in [-0.05, 0) is 18.9 Å². The molecule has 0 heterocycles. The highest BCUT2D eigenvalue weighted by Crippen LogP contribution is 2.18. The monoisotopic (exact) mass is 302 g/mol. The molecule has 4 heteroatoms. The van der Waals surface area contributed by atoms with Crippen LogP contribution in [0, 0.1) is 0 Å². The topological polar surface area (TPSA) is 50.4 Å². The smallest absolute Gasteiger partial charge is 0.221 e. The summed E-state index contributed by atoms with van der Waals surface area (Å²) in [7, 11) is 1.67. The zero-order valence-corrected chi connectivity index (χ0v) is 13.3. The number of ether oxygens (including phenoxy) is 1. The van der Waals surface area contributed by atoms with Gasteiger partial charge in [-0.25, -0.2) is 0 Å². The molecular weight excluding hydrogens is 276 g/mol. The molecule has 2 N–H and O–H groups in total. The normalized spacial score (nSPS) is 15.3. The lowest BCUT2D eigenvalue weighted by Crippen LogP contribution is -2.34. The second kappa shape index (κ2) is 9.26. The Labute approximate surface area is 132 Å². The Balaban J connectivity index is 1.60. The lowest BCUT2D eigenvalue weighted by Gasteiger charge is -2.11. The minimum absolute atomic E-state index is 0.160. The average Bonchev–Trinajstić information content (AvgIpc) is 3.04. The third-order valence-electron chi connectivity index (χ3n) is 3.95. The number of hydrogen-bond acceptors (Lipinski definition) is 3. The third-order valence-corrected chi connectivity index (χ3v) is 3.95. The molecular formula is C18H26N2O2. The van der Waals surface area contributed by atoms with E-state index in [1.807, 2.05) is 36.4 Å². The van der Waals surface area contributed by atoms with Gasteiger partial charge in [0, 0.05) is 31.1 Å². The second-order valence-electron chi connectivity index (χ2n) is 5.65. The lowest BCUT2D eigenvalue weighted by molar-refractivity contribution is -0.121. The van der Waals surface area contributed by atoms with E-state index in [4.69, 9.17) is 4.74 Å². The van der Waals surface area contributed by atoms with Crippen molar-refractivity contribution < 1.29 is 9.53 Å². The fourth-order valence-electron chi connectivity index (χ4n) is 2.75. The molecule has 0 saturated heterocycles. The van der Waals surface area contributed by atoms with E-state index in [2.05, 4.69) is 10.6 Å². The van der Waals surface area contributed by atoms with Gasteiger partial charge in [0.25, 0.3) is 0 Å². The highest BCUT2D eigenvalue weighted by Gasteiger charge is 2.16. The van der Waals surface area contributed by atoms with E-state index < -0.39 is 0 Å². The van der Waals surface area contributed by atoms with Crippen LogP contribution in [0.4, 0.5) is 0 Å². The lowest BCUT2D eigenvalue weighted by atomic mass is 10.2. The van der Waals surface area contributed by atoms with Crippen LogP contribution in [0.1, 0.15) is 37.7 Å². The van der Waals surface area contributed by atoms with E-state index >= 15 is 0 Å². The average molecular weight is 302 g/mol. The summed E-state index contributed by atoms with van der Waals surface area (Å²) < 4.78 is 5.29. The van der Waals surface area contributed by atoms with Crippen LogP contribution in [0.3, 0.4) is 0 Å². The van der Waals surface area contributed by atoms with Crippen LogP contribution in [-0.2, 0) is 4.79 Å². The van der Waals surface area contributed by atoms with Crippen molar-refractivity contribution in [2.45, 2.75) is 38.1 Å². The molecule has 2 rings (SSSR count). The van der Waals surface area contributed by atoms with Gasteiger partial charge in [-0.3, -0.25) is 4.79 Å². The number of carbonyl (C=O) groups excluding carboxylic acids is 1. The van der Waals surface area contributed by atoms with Gasteiger partial charge < -0.3 is 15.4 Å². The summed E-state index contributed by atoms with van der Waals surface area (Å²) >= 11 is 0. The zero-order chi connectivity index (χ0) is 15.6. The Kier molecular flexibility index (Phi) is 6.97. The summed E-state index contributed by atoms with van der Waals surface area (Å²) in [6, 6.07) is 8.32. The van der Waals surface area contributed by atoms with Crippen LogP contribution in [-0.4, -0.2) is 32.1 Å². The van der Waals surface area contributed by atoms with Crippen LogP contribution in [0.5, 0.6) is 5.75 Å². The van der Waals surface area contributed by atoms with Crippen molar-refractivity contribution in [1.82, 2.24) is 10.6 Å². The Hall–Kier alpha value is -1.81. The highest BCUT2D eigenvalue weighted by atomic mass is 16.5. The number of nitrogens with one attached hydrogen (secondary N) is 2. The summed E-state index contributed by atoms with van der Waals surface area (Å²) in [5.74, 6) is 1.03. The van der Waals surface area contributed by atoms with Gasteiger partial charge in [0.1, 0.15) is 5.75 Å². The van der Waals surface area contributed by atoms with Crippen LogP contribution in [0.15, 0.2) is 30.3 Å². The maximum Gasteiger partial charge on any atom is 0.221 e. The molecule has 0 bridgehead atoms. The summed E-state index contributed by atoms with van der Waals surface area (Å²) in [6.45, 7) is 1.45. The predicted octanol–water partition coefficient (Wildman–Crippen LogP) is 2.75. The van der Waals surface area contributed by atoms with E-state index in [1.165, 1.54) is 12.8 Å². The molecule has 4 nitrogen and oxygen atoms in total. The molecule has 1 aromatic rings. The van der Waals surface area contributed by atoms with Crippen molar-refractivity contribution in [2.24, 2.45) is 0 Å². The summed E-state index contributed by atoms with van der Waals surface area (Å²) in [6.07, 6.45) is 9.39. The van der Waals surface area contributed by atoms with Gasteiger partial charge >= 0.3 is 0 Å². The second-order valence-corrected chi connectivity index (χ2v) is 5.65. The molecule has 0 atom stereocenters. The minimum atomic E-state index is 0.160. The zero-order valence-electron chi connectivity index (χ0n) is 13.3. The molecule has 22 heavy (non-hydrogen) atoms. The Bertz CT molecular complexity index is 494. The van der Waals surface area contributed by atoms with E-state index in [9.17, 15) is 4.79 Å². The maximum atomic E-state index is 11.8. The van der Waals surface area contributed by atoms with Crippen molar-refractivity contribution in [3.8, 4) is 5.75 Å². The first-order chi connectivity index (χ1) is 10.8. The van der Waals surface area contributed by atoms with Gasteiger partial charge in [0.15, 0.2) is 0 Å². The molecule has 0 aliphatic heterocycles. The van der Waals surface area contributed by atoms with Crippen LogP contribution in [0.25, 0.3) is 6.08 Å². The summed E-state index contributed by atoms with van der Waals surface area (Å²) in [5.41, 5.74) is 1.06. The van der Waals surface area contributed by atoms with Crippen LogP contribution >= 0.6 is 0 Å². The number of amides is 1. The van der Waals surface area contributed by atoms with Gasteiger partial charge in [-0.2, -0.15) is 0 Å². The van der Waals surface area contributed by atoms with Gasteiger partial charge in [-0.15, -0.1) is 0 Å². The highest BCUT2D eigenvalue weighted by molar-refractivity contribution is 5.76. The molecule has 1 fully saturated rings. The van der Waals surface area contributed by atoms with Crippen LogP contribution in [0.2, 0.25) is 0 Å². The number of para-hydroxylation sites is 1. The Morgan fingerprint density at radius 3 is 2.86 bits per heavy atom. The van der Waals surface area contributed by atoms with Gasteiger partial charge in [0.2, 0.25) is 5.91 Å². The number of carbonyl (C=O) groups is 1.